The fraction of sp³-hybridized carbons (Fsp3) is 0.312. The number of benzene rings is 1. The zero-order valence-corrected chi connectivity index (χ0v) is 12.3. The monoisotopic (exact) mass is 299 g/mol. The maximum Gasteiger partial charge on any atom is 0.315 e. The largest absolute Gasteiger partial charge is 0.492 e. The Labute approximate surface area is 128 Å². The average molecular weight is 299 g/mol. The van der Waals surface area contributed by atoms with Gasteiger partial charge in [0.2, 0.25) is 5.95 Å². The fourth-order valence-corrected chi connectivity index (χ4v) is 2.32. The summed E-state index contributed by atoms with van der Waals surface area (Å²) in [6, 6.07) is 9.29. The van der Waals surface area contributed by atoms with Crippen LogP contribution in [0, 0.1) is 5.41 Å². The summed E-state index contributed by atoms with van der Waals surface area (Å²) in [5.74, 6) is 0.660. The SMILES string of the molecule is COC(=O)C1(COc2ccccc2-c2ccnc(N)n2)CC1. The maximum absolute atomic E-state index is 11.8. The lowest BCUT2D eigenvalue weighted by atomic mass is 10.1. The van der Waals surface area contributed by atoms with Crippen molar-refractivity contribution < 1.29 is 14.3 Å². The van der Waals surface area contributed by atoms with E-state index >= 15 is 0 Å². The molecular formula is C16H17N3O3. The van der Waals surface area contributed by atoms with Crippen molar-refractivity contribution in [2.75, 3.05) is 19.5 Å². The third-order valence-corrected chi connectivity index (χ3v) is 3.81. The van der Waals surface area contributed by atoms with Gasteiger partial charge in [0.05, 0.1) is 12.8 Å². The van der Waals surface area contributed by atoms with Crippen LogP contribution in [0.1, 0.15) is 12.8 Å². The molecule has 0 radical (unpaired) electrons. The first kappa shape index (κ1) is 14.3. The van der Waals surface area contributed by atoms with Gasteiger partial charge in [-0.15, -0.1) is 0 Å². The van der Waals surface area contributed by atoms with Crippen molar-refractivity contribution in [2.45, 2.75) is 12.8 Å². The Morgan fingerprint density at radius 1 is 1.32 bits per heavy atom. The van der Waals surface area contributed by atoms with E-state index < -0.39 is 5.41 Å². The van der Waals surface area contributed by atoms with Gasteiger partial charge in [-0.25, -0.2) is 9.97 Å². The number of hydrogen-bond acceptors (Lipinski definition) is 6. The van der Waals surface area contributed by atoms with Crippen molar-refractivity contribution in [1.29, 1.82) is 0 Å². The number of ether oxygens (including phenoxy) is 2. The van der Waals surface area contributed by atoms with Crippen molar-refractivity contribution in [3.05, 3.63) is 36.5 Å². The van der Waals surface area contributed by atoms with Crippen LogP contribution in [0.2, 0.25) is 0 Å². The van der Waals surface area contributed by atoms with E-state index in [1.54, 1.807) is 12.3 Å². The quantitative estimate of drug-likeness (QED) is 0.850. The molecule has 0 spiro atoms. The molecule has 0 bridgehead atoms. The molecule has 114 valence electrons. The number of carbonyl (C=O) groups is 1. The van der Waals surface area contributed by atoms with Gasteiger partial charge >= 0.3 is 5.97 Å². The number of nitrogen functional groups attached to an aromatic ring is 1. The molecule has 1 saturated carbocycles. The van der Waals surface area contributed by atoms with Crippen LogP contribution < -0.4 is 10.5 Å². The second kappa shape index (κ2) is 5.63. The Hall–Kier alpha value is -2.63. The van der Waals surface area contributed by atoms with Gasteiger partial charge < -0.3 is 15.2 Å². The third kappa shape index (κ3) is 2.72. The average Bonchev–Trinajstić information content (AvgIpc) is 3.34. The highest BCUT2D eigenvalue weighted by atomic mass is 16.5. The standard InChI is InChI=1S/C16H17N3O3/c1-21-14(20)16(7-8-16)10-22-13-5-3-2-4-11(13)12-6-9-18-15(17)19-12/h2-6,9H,7-8,10H2,1H3,(H2,17,18,19). The first-order valence-corrected chi connectivity index (χ1v) is 7.04. The first-order chi connectivity index (χ1) is 10.6. The Bertz CT molecular complexity index is 699. The van der Waals surface area contributed by atoms with Crippen molar-refractivity contribution in [2.24, 2.45) is 5.41 Å². The minimum Gasteiger partial charge on any atom is -0.492 e. The molecule has 1 aromatic carbocycles. The van der Waals surface area contributed by atoms with E-state index in [0.717, 1.165) is 18.4 Å². The molecular weight excluding hydrogens is 282 g/mol. The molecule has 3 rings (SSSR count). The number of aromatic nitrogens is 2. The van der Waals surface area contributed by atoms with Gasteiger partial charge in [0.1, 0.15) is 17.8 Å². The van der Waals surface area contributed by atoms with Crippen LogP contribution in [0.15, 0.2) is 36.5 Å². The third-order valence-electron chi connectivity index (χ3n) is 3.81. The molecule has 6 nitrogen and oxygen atoms in total. The van der Waals surface area contributed by atoms with Crippen LogP contribution in [-0.2, 0) is 9.53 Å². The molecule has 0 unspecified atom stereocenters. The molecule has 6 heteroatoms. The van der Waals surface area contributed by atoms with Crippen molar-refractivity contribution in [3.63, 3.8) is 0 Å². The van der Waals surface area contributed by atoms with E-state index in [2.05, 4.69) is 9.97 Å². The molecule has 1 aromatic heterocycles. The zero-order chi connectivity index (χ0) is 15.6. The molecule has 1 aliphatic carbocycles. The number of esters is 1. The summed E-state index contributed by atoms with van der Waals surface area (Å²) in [5.41, 5.74) is 6.64. The lowest BCUT2D eigenvalue weighted by Crippen LogP contribution is -2.24. The van der Waals surface area contributed by atoms with Gasteiger partial charge in [-0.1, -0.05) is 12.1 Å². The van der Waals surface area contributed by atoms with Crippen LogP contribution in [-0.4, -0.2) is 29.7 Å². The molecule has 0 saturated heterocycles. The van der Waals surface area contributed by atoms with Gasteiger partial charge in [0.25, 0.3) is 0 Å². The van der Waals surface area contributed by atoms with Gasteiger partial charge in [-0.2, -0.15) is 0 Å². The molecule has 2 N–H and O–H groups in total. The number of rotatable bonds is 5. The van der Waals surface area contributed by atoms with Crippen LogP contribution >= 0.6 is 0 Å². The summed E-state index contributed by atoms with van der Waals surface area (Å²) in [5, 5.41) is 0. The van der Waals surface area contributed by atoms with E-state index in [9.17, 15) is 4.79 Å². The highest BCUT2D eigenvalue weighted by Gasteiger charge is 2.52. The van der Waals surface area contributed by atoms with Crippen molar-refractivity contribution in [3.8, 4) is 17.0 Å². The molecule has 0 atom stereocenters. The molecule has 1 fully saturated rings. The van der Waals surface area contributed by atoms with Gasteiger partial charge in [-0.3, -0.25) is 4.79 Å². The van der Waals surface area contributed by atoms with Crippen molar-refractivity contribution >= 4 is 11.9 Å². The summed E-state index contributed by atoms with van der Waals surface area (Å²) in [7, 11) is 1.40. The number of anilines is 1. The molecule has 2 aromatic rings. The van der Waals surface area contributed by atoms with Crippen LogP contribution in [0.5, 0.6) is 5.75 Å². The van der Waals surface area contributed by atoms with E-state index in [4.69, 9.17) is 15.2 Å². The molecule has 1 heterocycles. The van der Waals surface area contributed by atoms with Crippen molar-refractivity contribution in [1.82, 2.24) is 9.97 Å². The van der Waals surface area contributed by atoms with Crippen LogP contribution in [0.25, 0.3) is 11.3 Å². The number of nitrogens with two attached hydrogens (primary N) is 1. The Balaban J connectivity index is 1.82. The number of methoxy groups -OCH3 is 1. The minimum absolute atomic E-state index is 0.209. The molecule has 0 amide bonds. The number of hydrogen-bond donors (Lipinski definition) is 1. The highest BCUT2D eigenvalue weighted by Crippen LogP contribution is 2.47. The number of para-hydroxylation sites is 1. The van der Waals surface area contributed by atoms with E-state index in [1.165, 1.54) is 7.11 Å². The summed E-state index contributed by atoms with van der Waals surface area (Å²) in [4.78, 5) is 19.9. The zero-order valence-electron chi connectivity index (χ0n) is 12.3. The first-order valence-electron chi connectivity index (χ1n) is 7.04. The summed E-state index contributed by atoms with van der Waals surface area (Å²) >= 11 is 0. The lowest BCUT2D eigenvalue weighted by Gasteiger charge is -2.16. The van der Waals surface area contributed by atoms with Gasteiger partial charge in [0, 0.05) is 11.8 Å². The second-order valence-corrected chi connectivity index (χ2v) is 5.36. The van der Waals surface area contributed by atoms with E-state index in [-0.39, 0.29) is 11.9 Å². The topological polar surface area (TPSA) is 87.3 Å². The predicted octanol–water partition coefficient (Wildman–Crippen LogP) is 2.06. The van der Waals surface area contributed by atoms with Gasteiger partial charge in [0.15, 0.2) is 0 Å². The number of carbonyl (C=O) groups excluding carboxylic acids is 1. The second-order valence-electron chi connectivity index (χ2n) is 5.36. The lowest BCUT2D eigenvalue weighted by molar-refractivity contribution is -0.148. The Morgan fingerprint density at radius 3 is 2.77 bits per heavy atom. The van der Waals surface area contributed by atoms with E-state index in [1.807, 2.05) is 24.3 Å². The highest BCUT2D eigenvalue weighted by molar-refractivity contribution is 5.80. The Morgan fingerprint density at radius 2 is 2.09 bits per heavy atom. The summed E-state index contributed by atoms with van der Waals surface area (Å²) in [6.07, 6.45) is 3.19. The maximum atomic E-state index is 11.8. The fourth-order valence-electron chi connectivity index (χ4n) is 2.32. The smallest absolute Gasteiger partial charge is 0.315 e. The van der Waals surface area contributed by atoms with Crippen LogP contribution in [0.4, 0.5) is 5.95 Å². The van der Waals surface area contributed by atoms with E-state index in [0.29, 0.717) is 18.1 Å². The summed E-state index contributed by atoms with van der Waals surface area (Å²) in [6.45, 7) is 0.303. The van der Waals surface area contributed by atoms with Crippen LogP contribution in [0.3, 0.4) is 0 Å². The number of nitrogens with zero attached hydrogens (tertiary/aromatic N) is 2. The molecule has 22 heavy (non-hydrogen) atoms. The minimum atomic E-state index is -0.493. The molecule has 0 aliphatic heterocycles. The molecule has 1 aliphatic rings. The predicted molar refractivity (Wildman–Crippen MR) is 81.1 cm³/mol. The Kier molecular flexibility index (Phi) is 3.66. The summed E-state index contributed by atoms with van der Waals surface area (Å²) < 4.78 is 10.7. The van der Waals surface area contributed by atoms with Gasteiger partial charge in [-0.05, 0) is 31.0 Å². The normalized spacial score (nSPS) is 15.1.